The summed E-state index contributed by atoms with van der Waals surface area (Å²) in [6.07, 6.45) is 0. The predicted octanol–water partition coefficient (Wildman–Crippen LogP) is 3.70. The number of non-ortho nitro benzene ring substituents is 1. The Morgan fingerprint density at radius 3 is 2.41 bits per heavy atom. The average molecular weight is 373 g/mol. The average Bonchev–Trinajstić information content (AvgIpc) is 2.89. The Morgan fingerprint density at radius 2 is 1.89 bits per heavy atom. The molecular weight excluding hydrogens is 350 g/mol. The monoisotopic (exact) mass is 373 g/mol. The minimum Gasteiger partial charge on any atom is -0.452 e. The molecule has 1 aromatic carbocycles. The van der Waals surface area contributed by atoms with E-state index in [4.69, 9.17) is 4.74 Å². The smallest absolute Gasteiger partial charge is 0.340 e. The van der Waals surface area contributed by atoms with E-state index in [0.717, 1.165) is 11.4 Å². The Morgan fingerprint density at radius 1 is 1.22 bits per heavy atom. The first-order valence-electron chi connectivity index (χ1n) is 8.52. The number of rotatable bonds is 6. The Kier molecular flexibility index (Phi) is 5.99. The molecule has 1 N–H and O–H groups in total. The number of nitrogens with zero attached hydrogens (tertiary/aromatic N) is 2. The topological polar surface area (TPSA) is 103 Å². The molecule has 0 aliphatic carbocycles. The van der Waals surface area contributed by atoms with Gasteiger partial charge in [0.15, 0.2) is 6.61 Å². The third-order valence-corrected chi connectivity index (χ3v) is 4.25. The molecule has 27 heavy (non-hydrogen) atoms. The number of esters is 1. The Balaban J connectivity index is 2.01. The normalized spacial score (nSPS) is 10.7. The van der Waals surface area contributed by atoms with Crippen LogP contribution in [0.15, 0.2) is 24.3 Å². The molecule has 8 heteroatoms. The summed E-state index contributed by atoms with van der Waals surface area (Å²) >= 11 is 0. The third kappa shape index (κ3) is 4.52. The quantitative estimate of drug-likeness (QED) is 0.472. The standard InChI is InChI=1S/C19H23N3O5/c1-11(2)21-13(4)9-16(14(21)5)19(24)27-10-18(23)20-17-7-6-15(22(25)26)8-12(17)3/h6-9,11H,10H2,1-5H3,(H,20,23). The van der Waals surface area contributed by atoms with Crippen LogP contribution in [0.4, 0.5) is 11.4 Å². The summed E-state index contributed by atoms with van der Waals surface area (Å²) in [7, 11) is 0. The first-order chi connectivity index (χ1) is 12.6. The van der Waals surface area contributed by atoms with E-state index in [2.05, 4.69) is 5.32 Å². The minimum absolute atomic E-state index is 0.0579. The fourth-order valence-corrected chi connectivity index (χ4v) is 3.08. The molecule has 2 rings (SSSR count). The van der Waals surface area contributed by atoms with Crippen molar-refractivity contribution in [2.45, 2.75) is 40.7 Å². The lowest BCUT2D eigenvalue weighted by Gasteiger charge is -2.13. The number of benzene rings is 1. The van der Waals surface area contributed by atoms with E-state index in [0.29, 0.717) is 16.8 Å². The molecule has 0 saturated carbocycles. The van der Waals surface area contributed by atoms with Crippen LogP contribution in [0.25, 0.3) is 0 Å². The lowest BCUT2D eigenvalue weighted by atomic mass is 10.2. The van der Waals surface area contributed by atoms with E-state index in [1.54, 1.807) is 13.0 Å². The summed E-state index contributed by atoms with van der Waals surface area (Å²) in [6.45, 7) is 9.00. The van der Waals surface area contributed by atoms with Crippen LogP contribution in [-0.4, -0.2) is 28.0 Å². The van der Waals surface area contributed by atoms with Crippen LogP contribution >= 0.6 is 0 Å². The van der Waals surface area contributed by atoms with Gasteiger partial charge < -0.3 is 14.6 Å². The summed E-state index contributed by atoms with van der Waals surface area (Å²) < 4.78 is 7.14. The van der Waals surface area contributed by atoms with Gasteiger partial charge in [0.1, 0.15) is 0 Å². The molecule has 0 spiro atoms. The molecule has 0 fully saturated rings. The van der Waals surface area contributed by atoms with Gasteiger partial charge in [0.05, 0.1) is 10.5 Å². The number of aryl methyl sites for hydroxylation is 2. The van der Waals surface area contributed by atoms with Crippen LogP contribution in [0.2, 0.25) is 0 Å². The van der Waals surface area contributed by atoms with Crippen LogP contribution in [0.3, 0.4) is 0 Å². The lowest BCUT2D eigenvalue weighted by Crippen LogP contribution is -2.21. The maximum Gasteiger partial charge on any atom is 0.340 e. The number of aromatic nitrogens is 1. The second-order valence-corrected chi connectivity index (χ2v) is 6.63. The number of nitrogens with one attached hydrogen (secondary N) is 1. The molecule has 8 nitrogen and oxygen atoms in total. The van der Waals surface area contributed by atoms with Crippen molar-refractivity contribution in [3.05, 3.63) is 56.9 Å². The van der Waals surface area contributed by atoms with Gasteiger partial charge in [0.2, 0.25) is 0 Å². The summed E-state index contributed by atoms with van der Waals surface area (Å²) in [6, 6.07) is 6.07. The van der Waals surface area contributed by atoms with Gasteiger partial charge in [-0.15, -0.1) is 0 Å². The molecule has 0 bridgehead atoms. The number of amides is 1. The van der Waals surface area contributed by atoms with Gasteiger partial charge in [-0.2, -0.15) is 0 Å². The fraction of sp³-hybridized carbons (Fsp3) is 0.368. The zero-order chi connectivity index (χ0) is 20.3. The third-order valence-electron chi connectivity index (χ3n) is 4.25. The molecule has 1 heterocycles. The maximum absolute atomic E-state index is 12.3. The zero-order valence-corrected chi connectivity index (χ0v) is 16.0. The van der Waals surface area contributed by atoms with E-state index in [1.807, 2.05) is 32.3 Å². The van der Waals surface area contributed by atoms with Gasteiger partial charge in [-0.1, -0.05) is 0 Å². The van der Waals surface area contributed by atoms with Gasteiger partial charge in [0, 0.05) is 35.2 Å². The van der Waals surface area contributed by atoms with E-state index >= 15 is 0 Å². The van der Waals surface area contributed by atoms with Crippen LogP contribution in [0.1, 0.15) is 47.2 Å². The van der Waals surface area contributed by atoms with Crippen molar-refractivity contribution < 1.29 is 19.2 Å². The minimum atomic E-state index is -0.564. The summed E-state index contributed by atoms with van der Waals surface area (Å²) in [4.78, 5) is 34.6. The largest absolute Gasteiger partial charge is 0.452 e. The highest BCUT2D eigenvalue weighted by molar-refractivity contribution is 5.96. The Bertz CT molecular complexity index is 899. The van der Waals surface area contributed by atoms with E-state index in [-0.39, 0.29) is 11.7 Å². The number of ether oxygens (including phenoxy) is 1. The maximum atomic E-state index is 12.3. The number of nitro groups is 1. The van der Waals surface area contributed by atoms with Crippen molar-refractivity contribution in [2.75, 3.05) is 11.9 Å². The van der Waals surface area contributed by atoms with Gasteiger partial charge in [-0.05, 0) is 52.3 Å². The summed E-state index contributed by atoms with van der Waals surface area (Å²) in [5.74, 6) is -1.08. The predicted molar refractivity (Wildman–Crippen MR) is 101 cm³/mol. The number of nitro benzene ring substituents is 1. The molecule has 0 aliphatic heterocycles. The highest BCUT2D eigenvalue weighted by Gasteiger charge is 2.19. The van der Waals surface area contributed by atoms with E-state index in [1.165, 1.54) is 18.2 Å². The Labute approximate surface area is 157 Å². The van der Waals surface area contributed by atoms with Crippen LogP contribution in [0, 0.1) is 30.9 Å². The fourth-order valence-electron chi connectivity index (χ4n) is 3.08. The number of hydrogen-bond acceptors (Lipinski definition) is 5. The van der Waals surface area contributed by atoms with Gasteiger partial charge >= 0.3 is 5.97 Å². The van der Waals surface area contributed by atoms with Crippen molar-refractivity contribution in [3.63, 3.8) is 0 Å². The molecular formula is C19H23N3O5. The SMILES string of the molecule is Cc1cc([N+](=O)[O-])ccc1NC(=O)COC(=O)c1cc(C)n(C(C)C)c1C. The molecule has 1 aromatic heterocycles. The second-order valence-electron chi connectivity index (χ2n) is 6.63. The highest BCUT2D eigenvalue weighted by Crippen LogP contribution is 2.22. The Hall–Kier alpha value is -3.16. The first kappa shape index (κ1) is 20.2. The van der Waals surface area contributed by atoms with Crippen molar-refractivity contribution >= 4 is 23.3 Å². The van der Waals surface area contributed by atoms with Gasteiger partial charge in [-0.3, -0.25) is 14.9 Å². The first-order valence-corrected chi connectivity index (χ1v) is 8.52. The highest BCUT2D eigenvalue weighted by atomic mass is 16.6. The summed E-state index contributed by atoms with van der Waals surface area (Å²) in [5.41, 5.74) is 3.08. The van der Waals surface area contributed by atoms with Crippen LogP contribution in [-0.2, 0) is 9.53 Å². The molecule has 1 amide bonds. The number of anilines is 1. The van der Waals surface area contributed by atoms with Gasteiger partial charge in [-0.25, -0.2) is 4.79 Å². The number of carbonyl (C=O) groups excluding carboxylic acids is 2. The van der Waals surface area contributed by atoms with Crippen molar-refractivity contribution in [3.8, 4) is 0 Å². The molecule has 2 aromatic rings. The number of hydrogen-bond donors (Lipinski definition) is 1. The van der Waals surface area contributed by atoms with Crippen molar-refractivity contribution in [1.82, 2.24) is 4.57 Å². The van der Waals surface area contributed by atoms with E-state index in [9.17, 15) is 19.7 Å². The number of carbonyl (C=O) groups is 2. The zero-order valence-electron chi connectivity index (χ0n) is 16.0. The lowest BCUT2D eigenvalue weighted by molar-refractivity contribution is -0.384. The van der Waals surface area contributed by atoms with Gasteiger partial charge in [0.25, 0.3) is 11.6 Å². The molecule has 144 valence electrons. The van der Waals surface area contributed by atoms with Crippen molar-refractivity contribution in [2.24, 2.45) is 0 Å². The molecule has 0 radical (unpaired) electrons. The molecule has 0 unspecified atom stereocenters. The van der Waals surface area contributed by atoms with Crippen molar-refractivity contribution in [1.29, 1.82) is 0 Å². The molecule has 0 saturated heterocycles. The molecule has 0 aliphatic rings. The molecule has 0 atom stereocenters. The van der Waals surface area contributed by atoms with E-state index < -0.39 is 23.4 Å². The second kappa shape index (κ2) is 8.03. The van der Waals surface area contributed by atoms with Crippen LogP contribution < -0.4 is 5.32 Å². The summed E-state index contributed by atoms with van der Waals surface area (Å²) in [5, 5.41) is 13.3. The van der Waals surface area contributed by atoms with Crippen LogP contribution in [0.5, 0.6) is 0 Å².